The van der Waals surface area contributed by atoms with Crippen LogP contribution in [0.4, 0.5) is 8.78 Å². The van der Waals surface area contributed by atoms with Crippen LogP contribution >= 0.6 is 0 Å². The molecule has 0 aliphatic carbocycles. The molecule has 7 heteroatoms. The molecule has 5 nitrogen and oxygen atoms in total. The molecule has 0 aliphatic rings. The minimum Gasteiger partial charge on any atom is -0.343 e. The van der Waals surface area contributed by atoms with Gasteiger partial charge in [-0.15, -0.1) is 0 Å². The highest BCUT2D eigenvalue weighted by atomic mass is 19.2. The van der Waals surface area contributed by atoms with Crippen LogP contribution in [0.2, 0.25) is 0 Å². The lowest BCUT2D eigenvalue weighted by Crippen LogP contribution is -2.00. The van der Waals surface area contributed by atoms with Crippen LogP contribution in [0.1, 0.15) is 5.82 Å². The van der Waals surface area contributed by atoms with Gasteiger partial charge >= 0.3 is 0 Å². The predicted molar refractivity (Wildman–Crippen MR) is 53.0 cm³/mol. The fourth-order valence-electron chi connectivity index (χ4n) is 1.59. The molecular weight excluding hydrogens is 230 g/mol. The Bertz CT molecular complexity index is 662. The zero-order valence-corrected chi connectivity index (χ0v) is 8.47. The SMILES string of the molecule is Fc1cc2ncn(Cc3ncon3)c2cc1F. The summed E-state index contributed by atoms with van der Waals surface area (Å²) in [5.74, 6) is -1.39. The van der Waals surface area contributed by atoms with Gasteiger partial charge in [-0.2, -0.15) is 4.98 Å². The van der Waals surface area contributed by atoms with E-state index in [1.165, 1.54) is 12.7 Å². The van der Waals surface area contributed by atoms with Crippen LogP contribution in [0, 0.1) is 11.6 Å². The first kappa shape index (κ1) is 9.88. The number of halogens is 2. The lowest BCUT2D eigenvalue weighted by Gasteiger charge is -2.00. The van der Waals surface area contributed by atoms with Crippen molar-refractivity contribution < 1.29 is 13.3 Å². The van der Waals surface area contributed by atoms with Gasteiger partial charge in [0.2, 0.25) is 6.39 Å². The molecule has 0 unspecified atom stereocenters. The van der Waals surface area contributed by atoms with Gasteiger partial charge in [0, 0.05) is 12.1 Å². The Labute approximate surface area is 93.7 Å². The fraction of sp³-hybridized carbons (Fsp3) is 0.100. The van der Waals surface area contributed by atoms with Crippen LogP contribution in [-0.2, 0) is 6.54 Å². The predicted octanol–water partition coefficient (Wildman–Crippen LogP) is 1.75. The number of hydrogen-bond donors (Lipinski definition) is 0. The Morgan fingerprint density at radius 1 is 1.18 bits per heavy atom. The van der Waals surface area contributed by atoms with Crippen molar-refractivity contribution in [3.63, 3.8) is 0 Å². The van der Waals surface area contributed by atoms with Crippen molar-refractivity contribution >= 4 is 11.0 Å². The topological polar surface area (TPSA) is 56.7 Å². The van der Waals surface area contributed by atoms with Crippen LogP contribution in [0.25, 0.3) is 11.0 Å². The van der Waals surface area contributed by atoms with E-state index >= 15 is 0 Å². The van der Waals surface area contributed by atoms with Crippen molar-refractivity contribution in [2.45, 2.75) is 6.54 Å². The third-order valence-electron chi connectivity index (χ3n) is 2.38. The summed E-state index contributed by atoms with van der Waals surface area (Å²) in [5, 5.41) is 3.64. The Balaban J connectivity index is 2.08. The lowest BCUT2D eigenvalue weighted by atomic mass is 10.3. The van der Waals surface area contributed by atoms with Crippen LogP contribution < -0.4 is 0 Å². The quantitative estimate of drug-likeness (QED) is 0.680. The monoisotopic (exact) mass is 236 g/mol. The zero-order chi connectivity index (χ0) is 11.8. The summed E-state index contributed by atoms with van der Waals surface area (Å²) in [6.07, 6.45) is 2.68. The summed E-state index contributed by atoms with van der Waals surface area (Å²) in [7, 11) is 0. The minimum absolute atomic E-state index is 0.290. The molecule has 2 aromatic heterocycles. The second-order valence-corrected chi connectivity index (χ2v) is 3.47. The maximum absolute atomic E-state index is 13.1. The van der Waals surface area contributed by atoms with Crippen molar-refractivity contribution in [3.05, 3.63) is 42.3 Å². The largest absolute Gasteiger partial charge is 0.343 e. The zero-order valence-electron chi connectivity index (χ0n) is 8.47. The molecule has 3 aromatic rings. The van der Waals surface area contributed by atoms with Crippen LogP contribution in [0.5, 0.6) is 0 Å². The lowest BCUT2D eigenvalue weighted by molar-refractivity contribution is 0.408. The molecule has 1 aromatic carbocycles. The number of aromatic nitrogens is 4. The van der Waals surface area contributed by atoms with E-state index in [9.17, 15) is 8.78 Å². The van der Waals surface area contributed by atoms with E-state index in [0.717, 1.165) is 12.1 Å². The van der Waals surface area contributed by atoms with Crippen molar-refractivity contribution in [1.82, 2.24) is 19.7 Å². The molecule has 0 atom stereocenters. The Hall–Kier alpha value is -2.31. The van der Waals surface area contributed by atoms with E-state index in [2.05, 4.69) is 19.6 Å². The first-order chi connectivity index (χ1) is 8.24. The average Bonchev–Trinajstić information content (AvgIpc) is 2.92. The first-order valence-electron chi connectivity index (χ1n) is 4.79. The van der Waals surface area contributed by atoms with Crippen molar-refractivity contribution in [2.75, 3.05) is 0 Å². The molecule has 0 amide bonds. The number of hydrogen-bond acceptors (Lipinski definition) is 4. The Morgan fingerprint density at radius 2 is 2.00 bits per heavy atom. The molecule has 0 fully saturated rings. The van der Waals surface area contributed by atoms with Crippen molar-refractivity contribution in [1.29, 1.82) is 0 Å². The molecule has 0 radical (unpaired) electrons. The maximum Gasteiger partial charge on any atom is 0.213 e. The van der Waals surface area contributed by atoms with Gasteiger partial charge in [-0.3, -0.25) is 0 Å². The van der Waals surface area contributed by atoms with Gasteiger partial charge in [-0.25, -0.2) is 13.8 Å². The van der Waals surface area contributed by atoms with E-state index in [1.54, 1.807) is 4.57 Å². The summed E-state index contributed by atoms with van der Waals surface area (Å²) in [6, 6.07) is 2.15. The Morgan fingerprint density at radius 3 is 2.76 bits per heavy atom. The fourth-order valence-corrected chi connectivity index (χ4v) is 1.59. The van der Waals surface area contributed by atoms with E-state index in [0.29, 0.717) is 16.9 Å². The van der Waals surface area contributed by atoms with Gasteiger partial charge in [0.15, 0.2) is 17.5 Å². The summed E-state index contributed by atoms with van der Waals surface area (Å²) >= 11 is 0. The molecule has 3 rings (SSSR count). The number of nitrogens with zero attached hydrogens (tertiary/aromatic N) is 4. The van der Waals surface area contributed by atoms with Gasteiger partial charge in [0.05, 0.1) is 23.9 Å². The summed E-state index contributed by atoms with van der Waals surface area (Å²) in [5.41, 5.74) is 0.862. The number of fused-ring (bicyclic) bond motifs is 1. The van der Waals surface area contributed by atoms with E-state index in [1.807, 2.05) is 0 Å². The molecule has 0 bridgehead atoms. The molecule has 0 saturated heterocycles. The first-order valence-corrected chi connectivity index (χ1v) is 4.79. The van der Waals surface area contributed by atoms with Gasteiger partial charge in [0.1, 0.15) is 0 Å². The van der Waals surface area contributed by atoms with Gasteiger partial charge in [-0.1, -0.05) is 5.16 Å². The van der Waals surface area contributed by atoms with Crippen LogP contribution in [0.3, 0.4) is 0 Å². The summed E-state index contributed by atoms with van der Waals surface area (Å²) < 4.78 is 32.3. The van der Waals surface area contributed by atoms with Gasteiger partial charge < -0.3 is 9.09 Å². The highest BCUT2D eigenvalue weighted by molar-refractivity contribution is 5.75. The third-order valence-corrected chi connectivity index (χ3v) is 2.38. The van der Waals surface area contributed by atoms with Gasteiger partial charge in [0.25, 0.3) is 0 Å². The van der Waals surface area contributed by atoms with Crippen molar-refractivity contribution in [3.8, 4) is 0 Å². The van der Waals surface area contributed by atoms with Crippen LogP contribution in [-0.4, -0.2) is 19.7 Å². The Kier molecular flexibility index (Phi) is 2.10. The highest BCUT2D eigenvalue weighted by Crippen LogP contribution is 2.17. The average molecular weight is 236 g/mol. The normalized spacial score (nSPS) is 11.2. The standard InChI is InChI=1S/C10H6F2N4O/c11-6-1-8-9(2-7(6)12)16(4-13-8)3-10-14-5-17-15-10/h1-2,4-5H,3H2. The molecule has 0 N–H and O–H groups in total. The number of rotatable bonds is 2. The highest BCUT2D eigenvalue weighted by Gasteiger charge is 2.10. The second-order valence-electron chi connectivity index (χ2n) is 3.47. The van der Waals surface area contributed by atoms with E-state index in [-0.39, 0.29) is 6.54 Å². The molecule has 0 spiro atoms. The summed E-state index contributed by atoms with van der Waals surface area (Å²) in [6.45, 7) is 0.290. The second kappa shape index (κ2) is 3.62. The number of benzene rings is 1. The molecule has 2 heterocycles. The molecular formula is C10H6F2N4O. The number of imidazole rings is 1. The molecule has 17 heavy (non-hydrogen) atoms. The molecule has 86 valence electrons. The van der Waals surface area contributed by atoms with E-state index in [4.69, 9.17) is 0 Å². The molecule has 0 saturated carbocycles. The maximum atomic E-state index is 13.1. The summed E-state index contributed by atoms with van der Waals surface area (Å²) in [4.78, 5) is 7.81. The minimum atomic E-state index is -0.915. The third kappa shape index (κ3) is 1.65. The molecule has 0 aliphatic heterocycles. The van der Waals surface area contributed by atoms with Gasteiger partial charge in [-0.05, 0) is 0 Å². The van der Waals surface area contributed by atoms with E-state index < -0.39 is 11.6 Å². The van der Waals surface area contributed by atoms with Crippen LogP contribution in [0.15, 0.2) is 29.4 Å². The van der Waals surface area contributed by atoms with Crippen molar-refractivity contribution in [2.24, 2.45) is 0 Å². The smallest absolute Gasteiger partial charge is 0.213 e.